The van der Waals surface area contributed by atoms with E-state index in [2.05, 4.69) is 10.6 Å². The number of hydrogen-bond acceptors (Lipinski definition) is 7. The van der Waals surface area contributed by atoms with Crippen molar-refractivity contribution in [2.45, 2.75) is 83.3 Å². The summed E-state index contributed by atoms with van der Waals surface area (Å²) < 4.78 is 16.1. The van der Waals surface area contributed by atoms with Crippen LogP contribution in [0.25, 0.3) is 0 Å². The number of ether oxygens (including phenoxy) is 3. The maximum atomic E-state index is 13.0. The Morgan fingerprint density at radius 1 is 0.868 bits per heavy atom. The van der Waals surface area contributed by atoms with E-state index in [1.54, 1.807) is 32.9 Å². The molecule has 2 N–H and O–H groups in total. The van der Waals surface area contributed by atoms with E-state index in [1.165, 1.54) is 0 Å². The summed E-state index contributed by atoms with van der Waals surface area (Å²) in [5.74, 6) is -1.89. The van der Waals surface area contributed by atoms with Crippen molar-refractivity contribution in [2.75, 3.05) is 0 Å². The van der Waals surface area contributed by atoms with Crippen LogP contribution in [0.2, 0.25) is 0 Å². The Morgan fingerprint density at radius 2 is 1.42 bits per heavy atom. The Balaban J connectivity index is 1.62. The molecule has 1 atom stereocenters. The first-order valence-electron chi connectivity index (χ1n) is 12.7. The number of hydrogen-bond donors (Lipinski definition) is 2. The Hall–Kier alpha value is -3.88. The van der Waals surface area contributed by atoms with Crippen LogP contribution in [-0.2, 0) is 41.8 Å². The van der Waals surface area contributed by atoms with Crippen LogP contribution in [0.4, 0.5) is 4.79 Å². The van der Waals surface area contributed by atoms with Crippen molar-refractivity contribution in [1.29, 1.82) is 0 Å². The molecule has 0 unspecified atom stereocenters. The van der Waals surface area contributed by atoms with Crippen molar-refractivity contribution in [3.8, 4) is 0 Å². The van der Waals surface area contributed by atoms with Crippen molar-refractivity contribution >= 4 is 23.9 Å². The van der Waals surface area contributed by atoms with Gasteiger partial charge in [-0.3, -0.25) is 9.59 Å². The minimum atomic E-state index is -1.24. The number of benzene rings is 2. The number of alkyl carbamates (subject to hydrolysis) is 1. The normalized spacial score (nSPS) is 14.8. The Labute approximate surface area is 223 Å². The van der Waals surface area contributed by atoms with E-state index >= 15 is 0 Å². The van der Waals surface area contributed by atoms with Gasteiger partial charge in [-0.05, 0) is 51.2 Å². The maximum absolute atomic E-state index is 13.0. The number of rotatable bonds is 11. The lowest BCUT2D eigenvalue weighted by Crippen LogP contribution is -2.57. The molecule has 204 valence electrons. The SMILES string of the molecule is CC(C)(C)OC(=O)NC1(CC(=O)N[C@@H](CC(=O)OCc2ccccc2)C(=O)OCc2ccccc2)CCC1. The van der Waals surface area contributed by atoms with Gasteiger partial charge in [-0.2, -0.15) is 0 Å². The lowest BCUT2D eigenvalue weighted by molar-refractivity contribution is -0.155. The molecule has 1 aliphatic rings. The van der Waals surface area contributed by atoms with Crippen molar-refractivity contribution in [2.24, 2.45) is 0 Å². The molecule has 0 spiro atoms. The molecule has 0 radical (unpaired) electrons. The molecule has 2 amide bonds. The zero-order valence-electron chi connectivity index (χ0n) is 22.2. The standard InChI is InChI=1S/C29H36N2O7/c1-28(2,3)38-27(35)31-29(15-10-16-29)18-24(32)30-23(26(34)37-20-22-13-8-5-9-14-22)17-25(33)36-19-21-11-6-4-7-12-21/h4-9,11-14,23H,10,15-20H2,1-3H3,(H,30,32)(H,31,35)/t23-/m0/s1. The van der Waals surface area contributed by atoms with Crippen LogP contribution in [0.3, 0.4) is 0 Å². The summed E-state index contributed by atoms with van der Waals surface area (Å²) >= 11 is 0. The van der Waals surface area contributed by atoms with Crippen LogP contribution in [-0.4, -0.2) is 41.1 Å². The molecule has 1 aliphatic carbocycles. The van der Waals surface area contributed by atoms with Gasteiger partial charge in [0.05, 0.1) is 12.0 Å². The van der Waals surface area contributed by atoms with E-state index in [4.69, 9.17) is 14.2 Å². The predicted molar refractivity (Wildman–Crippen MR) is 140 cm³/mol. The average Bonchev–Trinajstić information content (AvgIpc) is 2.84. The fraction of sp³-hybridized carbons (Fsp3) is 0.448. The summed E-state index contributed by atoms with van der Waals surface area (Å²) in [5.41, 5.74) is 0.129. The van der Waals surface area contributed by atoms with Crippen molar-refractivity contribution in [3.05, 3.63) is 71.8 Å². The first-order valence-corrected chi connectivity index (χ1v) is 12.7. The van der Waals surface area contributed by atoms with Crippen molar-refractivity contribution < 1.29 is 33.4 Å². The maximum Gasteiger partial charge on any atom is 0.408 e. The molecule has 3 rings (SSSR count). The van der Waals surface area contributed by atoms with Gasteiger partial charge in [0.25, 0.3) is 0 Å². The van der Waals surface area contributed by atoms with E-state index < -0.39 is 47.5 Å². The number of carbonyl (C=O) groups excluding carboxylic acids is 4. The lowest BCUT2D eigenvalue weighted by atomic mass is 9.74. The topological polar surface area (TPSA) is 120 Å². The fourth-order valence-corrected chi connectivity index (χ4v) is 4.01. The Kier molecular flexibility index (Phi) is 9.87. The quantitative estimate of drug-likeness (QED) is 0.334. The monoisotopic (exact) mass is 524 g/mol. The second-order valence-electron chi connectivity index (χ2n) is 10.5. The van der Waals surface area contributed by atoms with Gasteiger partial charge < -0.3 is 24.8 Å². The number of nitrogens with one attached hydrogen (secondary N) is 2. The highest BCUT2D eigenvalue weighted by molar-refractivity contribution is 5.88. The van der Waals surface area contributed by atoms with Gasteiger partial charge in [-0.1, -0.05) is 60.7 Å². The third kappa shape index (κ3) is 9.53. The largest absolute Gasteiger partial charge is 0.461 e. The molecular formula is C29H36N2O7. The van der Waals surface area contributed by atoms with Gasteiger partial charge in [0.1, 0.15) is 24.9 Å². The van der Waals surface area contributed by atoms with Crippen LogP contribution in [0.15, 0.2) is 60.7 Å². The molecule has 1 fully saturated rings. The summed E-state index contributed by atoms with van der Waals surface area (Å²) in [6.45, 7) is 5.32. The summed E-state index contributed by atoms with van der Waals surface area (Å²) in [5, 5.41) is 5.44. The highest BCUT2D eigenvalue weighted by Gasteiger charge is 2.42. The molecule has 0 heterocycles. The number of carbonyl (C=O) groups is 4. The smallest absolute Gasteiger partial charge is 0.408 e. The third-order valence-corrected chi connectivity index (χ3v) is 6.03. The fourth-order valence-electron chi connectivity index (χ4n) is 4.01. The molecule has 0 aromatic heterocycles. The number of amides is 2. The first-order chi connectivity index (χ1) is 18.0. The van der Waals surface area contributed by atoms with Crippen LogP contribution < -0.4 is 10.6 Å². The second-order valence-corrected chi connectivity index (χ2v) is 10.5. The molecule has 9 nitrogen and oxygen atoms in total. The Morgan fingerprint density at radius 3 is 1.92 bits per heavy atom. The second kappa shape index (κ2) is 13.1. The van der Waals surface area contributed by atoms with Crippen LogP contribution in [0.1, 0.15) is 64.0 Å². The van der Waals surface area contributed by atoms with Gasteiger partial charge >= 0.3 is 18.0 Å². The molecule has 0 saturated heterocycles. The minimum absolute atomic E-state index is 0.00472. The van der Waals surface area contributed by atoms with Gasteiger partial charge in [0, 0.05) is 6.42 Å². The van der Waals surface area contributed by atoms with Crippen LogP contribution in [0, 0.1) is 0 Å². The van der Waals surface area contributed by atoms with Crippen molar-refractivity contribution in [1.82, 2.24) is 10.6 Å². The third-order valence-electron chi connectivity index (χ3n) is 6.03. The summed E-state index contributed by atoms with van der Waals surface area (Å²) in [6, 6.07) is 17.0. The molecule has 0 bridgehead atoms. The molecule has 2 aromatic rings. The molecule has 9 heteroatoms. The highest BCUT2D eigenvalue weighted by Crippen LogP contribution is 2.35. The van der Waals surface area contributed by atoms with E-state index in [9.17, 15) is 19.2 Å². The zero-order valence-corrected chi connectivity index (χ0v) is 22.2. The Bertz CT molecular complexity index is 1090. The molecule has 2 aromatic carbocycles. The number of esters is 2. The van der Waals surface area contributed by atoms with Gasteiger partial charge in [-0.25, -0.2) is 9.59 Å². The van der Waals surface area contributed by atoms with Crippen LogP contribution in [0.5, 0.6) is 0 Å². The molecule has 1 saturated carbocycles. The van der Waals surface area contributed by atoms with Crippen molar-refractivity contribution in [3.63, 3.8) is 0 Å². The van der Waals surface area contributed by atoms with Crippen LogP contribution >= 0.6 is 0 Å². The molecule has 0 aliphatic heterocycles. The highest BCUT2D eigenvalue weighted by atomic mass is 16.6. The molecule has 38 heavy (non-hydrogen) atoms. The predicted octanol–water partition coefficient (Wildman–Crippen LogP) is 4.19. The van der Waals surface area contributed by atoms with Gasteiger partial charge in [-0.15, -0.1) is 0 Å². The zero-order chi connectivity index (χ0) is 27.6. The molecular weight excluding hydrogens is 488 g/mol. The van der Waals surface area contributed by atoms with Gasteiger partial charge in [0.15, 0.2) is 0 Å². The van der Waals surface area contributed by atoms with Gasteiger partial charge in [0.2, 0.25) is 5.91 Å². The lowest BCUT2D eigenvalue weighted by Gasteiger charge is -2.42. The summed E-state index contributed by atoms with van der Waals surface area (Å²) in [6.07, 6.45) is 0.988. The van der Waals surface area contributed by atoms with E-state index in [0.29, 0.717) is 12.8 Å². The van der Waals surface area contributed by atoms with E-state index in [-0.39, 0.29) is 19.6 Å². The van der Waals surface area contributed by atoms with E-state index in [1.807, 2.05) is 48.5 Å². The summed E-state index contributed by atoms with van der Waals surface area (Å²) in [7, 11) is 0. The first kappa shape index (κ1) is 28.7. The summed E-state index contributed by atoms with van der Waals surface area (Å²) in [4.78, 5) is 50.8. The minimum Gasteiger partial charge on any atom is -0.461 e. The average molecular weight is 525 g/mol. The van der Waals surface area contributed by atoms with E-state index in [0.717, 1.165) is 17.5 Å².